The summed E-state index contributed by atoms with van der Waals surface area (Å²) in [6.07, 6.45) is 4.67. The second-order valence-electron chi connectivity index (χ2n) is 8.30. The van der Waals surface area contributed by atoms with Crippen molar-refractivity contribution in [2.24, 2.45) is 14.1 Å². The minimum Gasteiger partial charge on any atom is -0.334 e. The Morgan fingerprint density at radius 2 is 1.88 bits per heavy atom. The van der Waals surface area contributed by atoms with Gasteiger partial charge in [0.05, 0.1) is 5.56 Å². The third-order valence-corrected chi connectivity index (χ3v) is 6.13. The van der Waals surface area contributed by atoms with Crippen molar-refractivity contribution < 1.29 is 9.59 Å². The fraction of sp³-hybridized carbons (Fsp3) is 0.292. The first-order valence-corrected chi connectivity index (χ1v) is 10.6. The van der Waals surface area contributed by atoms with E-state index in [1.807, 2.05) is 27.0 Å². The largest absolute Gasteiger partial charge is 0.334 e. The maximum atomic E-state index is 12.9. The van der Waals surface area contributed by atoms with Crippen LogP contribution in [0.1, 0.15) is 36.3 Å². The minimum absolute atomic E-state index is 0.153. The van der Waals surface area contributed by atoms with Gasteiger partial charge < -0.3 is 9.88 Å². The van der Waals surface area contributed by atoms with Gasteiger partial charge in [0.25, 0.3) is 11.5 Å². The molecule has 0 spiro atoms. The van der Waals surface area contributed by atoms with Gasteiger partial charge in [-0.15, -0.1) is 0 Å². The van der Waals surface area contributed by atoms with E-state index in [-0.39, 0.29) is 11.5 Å². The van der Waals surface area contributed by atoms with Crippen LogP contribution in [0, 0.1) is 6.92 Å². The summed E-state index contributed by atoms with van der Waals surface area (Å²) in [6, 6.07) is 5.24. The molecule has 0 bridgehead atoms. The van der Waals surface area contributed by atoms with Crippen LogP contribution in [-0.2, 0) is 18.9 Å². The number of aryl methyl sites for hydroxylation is 3. The summed E-state index contributed by atoms with van der Waals surface area (Å²) in [5.41, 5.74) is 4.28. The van der Waals surface area contributed by atoms with Crippen LogP contribution in [0.15, 0.2) is 46.5 Å². The van der Waals surface area contributed by atoms with Crippen molar-refractivity contribution in [2.45, 2.75) is 27.2 Å². The number of carbonyl (C=O) groups excluding carboxylic acids is 2. The third kappa shape index (κ3) is 3.97. The van der Waals surface area contributed by atoms with E-state index in [1.54, 1.807) is 48.1 Å². The Hall–Kier alpha value is -4.01. The van der Waals surface area contributed by atoms with Crippen molar-refractivity contribution in [3.63, 3.8) is 0 Å². The van der Waals surface area contributed by atoms with Gasteiger partial charge in [-0.2, -0.15) is 5.10 Å². The predicted molar refractivity (Wildman–Crippen MR) is 127 cm³/mol. The molecule has 0 aromatic carbocycles. The van der Waals surface area contributed by atoms with Crippen LogP contribution in [-0.4, -0.2) is 38.1 Å². The molecule has 1 N–H and O–H groups in total. The molecular formula is C24H26N6O3. The first-order valence-electron chi connectivity index (χ1n) is 10.6. The number of aldehydes is 1. The molecule has 4 rings (SSSR count). The fourth-order valence-corrected chi connectivity index (χ4v) is 3.91. The molecule has 9 heteroatoms. The molecular weight excluding hydrogens is 420 g/mol. The Balaban J connectivity index is 1.80. The van der Waals surface area contributed by atoms with E-state index in [9.17, 15) is 14.4 Å². The molecule has 33 heavy (non-hydrogen) atoms. The average Bonchev–Trinajstić information content (AvgIpc) is 3.11. The van der Waals surface area contributed by atoms with Crippen molar-refractivity contribution in [3.05, 3.63) is 63.4 Å². The van der Waals surface area contributed by atoms with Gasteiger partial charge in [0.15, 0.2) is 12.1 Å². The fourth-order valence-electron chi connectivity index (χ4n) is 3.91. The highest BCUT2D eigenvalue weighted by molar-refractivity contribution is 6.09. The van der Waals surface area contributed by atoms with E-state index in [0.717, 1.165) is 17.7 Å². The molecule has 3 aromatic heterocycles. The number of pyridine rings is 2. The number of hydrogen-bond donors (Lipinski definition) is 1. The topological polar surface area (TPSA) is 102 Å². The van der Waals surface area contributed by atoms with E-state index in [2.05, 4.69) is 15.4 Å². The summed E-state index contributed by atoms with van der Waals surface area (Å²) in [7, 11) is 3.47. The van der Waals surface area contributed by atoms with Gasteiger partial charge in [0, 0.05) is 55.9 Å². The molecule has 0 saturated carbocycles. The zero-order chi connectivity index (χ0) is 23.9. The Kier molecular flexibility index (Phi) is 5.71. The molecule has 1 aliphatic rings. The van der Waals surface area contributed by atoms with Gasteiger partial charge in [-0.3, -0.25) is 24.0 Å². The van der Waals surface area contributed by atoms with Crippen LogP contribution in [0.5, 0.6) is 0 Å². The summed E-state index contributed by atoms with van der Waals surface area (Å²) in [5, 5.41) is 7.43. The molecule has 1 aliphatic heterocycles. The number of nitrogens with one attached hydrogen (secondary N) is 1. The van der Waals surface area contributed by atoms with Crippen molar-refractivity contribution in [2.75, 3.05) is 16.8 Å². The molecule has 0 radical (unpaired) electrons. The average molecular weight is 447 g/mol. The number of hydrogen-bond acceptors (Lipinski definition) is 6. The van der Waals surface area contributed by atoms with Crippen LogP contribution in [0.3, 0.4) is 0 Å². The summed E-state index contributed by atoms with van der Waals surface area (Å²) in [5.74, 6) is 0.717. The van der Waals surface area contributed by atoms with Crippen molar-refractivity contribution in [1.82, 2.24) is 19.3 Å². The number of carbonyl (C=O) groups is 2. The second-order valence-corrected chi connectivity index (χ2v) is 8.30. The van der Waals surface area contributed by atoms with Gasteiger partial charge in [0.2, 0.25) is 0 Å². The normalized spacial score (nSPS) is 14.1. The lowest BCUT2D eigenvalue weighted by Gasteiger charge is -2.29. The summed E-state index contributed by atoms with van der Waals surface area (Å²) in [4.78, 5) is 43.8. The van der Waals surface area contributed by atoms with E-state index in [4.69, 9.17) is 0 Å². The minimum atomic E-state index is -0.230. The van der Waals surface area contributed by atoms with E-state index in [0.29, 0.717) is 52.4 Å². The Labute approximate surface area is 191 Å². The lowest BCUT2D eigenvalue weighted by molar-refractivity contribution is -0.115. The molecule has 1 amide bonds. The molecule has 170 valence electrons. The van der Waals surface area contributed by atoms with Crippen LogP contribution < -0.4 is 15.8 Å². The van der Waals surface area contributed by atoms with Crippen LogP contribution in [0.4, 0.5) is 17.3 Å². The molecule has 0 unspecified atom stereocenters. The van der Waals surface area contributed by atoms with Gasteiger partial charge in [-0.25, -0.2) is 4.98 Å². The highest BCUT2D eigenvalue weighted by Gasteiger charge is 2.27. The number of aromatic nitrogens is 4. The highest BCUT2D eigenvalue weighted by Crippen LogP contribution is 2.32. The van der Waals surface area contributed by atoms with Gasteiger partial charge >= 0.3 is 0 Å². The van der Waals surface area contributed by atoms with E-state index in [1.165, 1.54) is 4.57 Å². The molecule has 9 nitrogen and oxygen atoms in total. The van der Waals surface area contributed by atoms with Crippen LogP contribution in [0.25, 0.3) is 11.1 Å². The number of anilines is 3. The Morgan fingerprint density at radius 1 is 1.12 bits per heavy atom. The highest BCUT2D eigenvalue weighted by atomic mass is 16.2. The third-order valence-electron chi connectivity index (χ3n) is 6.13. The van der Waals surface area contributed by atoms with E-state index >= 15 is 0 Å². The van der Waals surface area contributed by atoms with Crippen molar-refractivity contribution in [3.8, 4) is 11.1 Å². The number of nitrogens with zero attached hydrogens (tertiary/aromatic N) is 5. The van der Waals surface area contributed by atoms with E-state index < -0.39 is 0 Å². The second kappa shape index (κ2) is 8.50. The maximum absolute atomic E-state index is 12.9. The predicted octanol–water partition coefficient (Wildman–Crippen LogP) is 3.12. The zero-order valence-corrected chi connectivity index (χ0v) is 19.3. The van der Waals surface area contributed by atoms with Gasteiger partial charge in [-0.05, 0) is 44.9 Å². The van der Waals surface area contributed by atoms with Gasteiger partial charge in [-0.1, -0.05) is 5.57 Å². The van der Waals surface area contributed by atoms with Crippen LogP contribution in [0.2, 0.25) is 0 Å². The monoisotopic (exact) mass is 446 g/mol. The Bertz CT molecular complexity index is 1350. The quantitative estimate of drug-likeness (QED) is 0.604. The standard InChI is InChI=1S/C24H26N6O3/c1-14-7-9-30(23(32)16(14)3)22-19(13-31)18(6-8-25-22)17-11-20(24(33)28(4)12-17)26-21-10-15(2)29(5)27-21/h6,8,10-13H,7,9H2,1-5H3,(H,26,27). The first-order chi connectivity index (χ1) is 15.7. The zero-order valence-electron chi connectivity index (χ0n) is 19.3. The molecule has 0 aliphatic carbocycles. The SMILES string of the molecule is CC1=C(C)C(=O)N(c2nccc(-c3cc(Nc4cc(C)n(C)n4)c(=O)n(C)c3)c2C=O)CC1. The molecule has 4 heterocycles. The van der Waals surface area contributed by atoms with Crippen molar-refractivity contribution in [1.29, 1.82) is 0 Å². The molecule has 0 saturated heterocycles. The summed E-state index contributed by atoms with van der Waals surface area (Å²) < 4.78 is 3.16. The van der Waals surface area contributed by atoms with Crippen molar-refractivity contribution >= 4 is 29.5 Å². The number of amides is 1. The molecule has 3 aromatic rings. The smallest absolute Gasteiger partial charge is 0.274 e. The lowest BCUT2D eigenvalue weighted by Crippen LogP contribution is -2.37. The number of rotatable bonds is 5. The summed E-state index contributed by atoms with van der Waals surface area (Å²) >= 11 is 0. The summed E-state index contributed by atoms with van der Waals surface area (Å²) in [6.45, 7) is 6.11. The first kappa shape index (κ1) is 22.2. The van der Waals surface area contributed by atoms with Gasteiger partial charge in [0.1, 0.15) is 11.5 Å². The maximum Gasteiger partial charge on any atom is 0.274 e. The molecule has 0 fully saturated rings. The lowest BCUT2D eigenvalue weighted by atomic mass is 9.99. The van der Waals surface area contributed by atoms with Crippen LogP contribution >= 0.6 is 0 Å². The molecule has 0 atom stereocenters. The Morgan fingerprint density at radius 3 is 2.55 bits per heavy atom.